The van der Waals surface area contributed by atoms with E-state index in [0.29, 0.717) is 27.8 Å². The third-order valence-corrected chi connectivity index (χ3v) is 5.35. The molecule has 0 saturated carbocycles. The van der Waals surface area contributed by atoms with Gasteiger partial charge in [-0.1, -0.05) is 41.9 Å². The van der Waals surface area contributed by atoms with Crippen molar-refractivity contribution in [1.82, 2.24) is 9.13 Å². The SMILES string of the molecule is COc1ccc(-n2c(O)c(N=Nc3ccccc3Cl)c(=O)n(-c3ccccc3)c2=S)cc1. The van der Waals surface area contributed by atoms with Gasteiger partial charge in [0.05, 0.1) is 23.5 Å². The molecule has 4 rings (SSSR count). The molecule has 0 bridgehead atoms. The highest BCUT2D eigenvalue weighted by molar-refractivity contribution is 7.71. The molecule has 0 radical (unpaired) electrons. The van der Waals surface area contributed by atoms with E-state index in [9.17, 15) is 9.90 Å². The Morgan fingerprint density at radius 3 is 2.16 bits per heavy atom. The molecule has 0 aliphatic carbocycles. The van der Waals surface area contributed by atoms with Crippen molar-refractivity contribution in [3.63, 3.8) is 0 Å². The normalized spacial score (nSPS) is 11.1. The van der Waals surface area contributed by atoms with Crippen LogP contribution in [0.2, 0.25) is 5.02 Å². The van der Waals surface area contributed by atoms with Crippen molar-refractivity contribution in [1.29, 1.82) is 0 Å². The van der Waals surface area contributed by atoms with Gasteiger partial charge in [0.15, 0.2) is 4.77 Å². The summed E-state index contributed by atoms with van der Waals surface area (Å²) in [5.41, 5.74) is 0.515. The number of para-hydroxylation sites is 1. The lowest BCUT2D eigenvalue weighted by atomic mass is 10.3. The minimum Gasteiger partial charge on any atom is -0.497 e. The Morgan fingerprint density at radius 2 is 1.50 bits per heavy atom. The molecular formula is C23H17ClN4O3S. The summed E-state index contributed by atoms with van der Waals surface area (Å²) < 4.78 is 7.91. The molecule has 0 amide bonds. The van der Waals surface area contributed by atoms with E-state index in [1.54, 1.807) is 79.9 Å². The van der Waals surface area contributed by atoms with Crippen molar-refractivity contribution in [2.45, 2.75) is 0 Å². The second-order valence-corrected chi connectivity index (χ2v) is 7.39. The Bertz CT molecular complexity index is 1410. The number of aromatic hydroxyl groups is 1. The van der Waals surface area contributed by atoms with Gasteiger partial charge in [-0.15, -0.1) is 10.2 Å². The highest BCUT2D eigenvalue weighted by Crippen LogP contribution is 2.31. The van der Waals surface area contributed by atoms with Crippen LogP contribution in [0.1, 0.15) is 0 Å². The molecular weight excluding hydrogens is 448 g/mol. The lowest BCUT2D eigenvalue weighted by molar-refractivity contribution is 0.414. The van der Waals surface area contributed by atoms with Crippen molar-refractivity contribution < 1.29 is 9.84 Å². The van der Waals surface area contributed by atoms with Gasteiger partial charge in [-0.2, -0.15) is 0 Å². The Morgan fingerprint density at radius 1 is 0.875 bits per heavy atom. The number of hydrogen-bond donors (Lipinski definition) is 1. The van der Waals surface area contributed by atoms with Gasteiger partial charge >= 0.3 is 0 Å². The van der Waals surface area contributed by atoms with Crippen molar-refractivity contribution >= 4 is 35.2 Å². The summed E-state index contributed by atoms with van der Waals surface area (Å²) in [5, 5.41) is 19.5. The van der Waals surface area contributed by atoms with E-state index >= 15 is 0 Å². The number of ether oxygens (including phenoxy) is 1. The number of azo groups is 1. The lowest BCUT2D eigenvalue weighted by Gasteiger charge is -2.16. The molecule has 0 aliphatic heterocycles. The number of benzene rings is 3. The summed E-state index contributed by atoms with van der Waals surface area (Å²) in [4.78, 5) is 13.3. The fourth-order valence-corrected chi connectivity index (χ4v) is 3.63. The van der Waals surface area contributed by atoms with Crippen LogP contribution in [0.5, 0.6) is 11.6 Å². The van der Waals surface area contributed by atoms with Crippen LogP contribution in [0, 0.1) is 4.77 Å². The number of rotatable bonds is 5. The van der Waals surface area contributed by atoms with Crippen LogP contribution in [0.15, 0.2) is 93.9 Å². The average Bonchev–Trinajstić information content (AvgIpc) is 2.81. The first-order chi connectivity index (χ1) is 15.5. The molecule has 9 heteroatoms. The first-order valence-corrected chi connectivity index (χ1v) is 10.3. The zero-order valence-corrected chi connectivity index (χ0v) is 18.4. The van der Waals surface area contributed by atoms with Crippen LogP contribution in [0.4, 0.5) is 11.4 Å². The van der Waals surface area contributed by atoms with E-state index in [1.807, 2.05) is 6.07 Å². The second-order valence-electron chi connectivity index (χ2n) is 6.62. The van der Waals surface area contributed by atoms with Gasteiger partial charge in [0.25, 0.3) is 5.56 Å². The van der Waals surface area contributed by atoms with Gasteiger partial charge in [0.1, 0.15) is 11.4 Å². The minimum absolute atomic E-state index is 0.0700. The summed E-state index contributed by atoms with van der Waals surface area (Å²) in [6.07, 6.45) is 0. The van der Waals surface area contributed by atoms with Gasteiger partial charge in [0, 0.05) is 0 Å². The topological polar surface area (TPSA) is 81.1 Å². The molecule has 3 aromatic carbocycles. The fraction of sp³-hybridized carbons (Fsp3) is 0.0435. The van der Waals surface area contributed by atoms with Crippen molar-refractivity contribution in [3.8, 4) is 23.0 Å². The number of methoxy groups -OCH3 is 1. The number of aromatic nitrogens is 2. The lowest BCUT2D eigenvalue weighted by Crippen LogP contribution is -2.23. The van der Waals surface area contributed by atoms with E-state index in [1.165, 1.54) is 9.13 Å². The molecule has 0 atom stereocenters. The van der Waals surface area contributed by atoms with Gasteiger partial charge in [0.2, 0.25) is 11.6 Å². The van der Waals surface area contributed by atoms with Crippen molar-refractivity contribution in [3.05, 3.63) is 99.0 Å². The van der Waals surface area contributed by atoms with E-state index in [2.05, 4.69) is 10.2 Å². The third kappa shape index (κ3) is 4.05. The van der Waals surface area contributed by atoms with E-state index < -0.39 is 11.4 Å². The van der Waals surface area contributed by atoms with Gasteiger partial charge in [-0.25, -0.2) is 0 Å². The standard InChI is InChI=1S/C23H17ClN4O3S/c1-31-17-13-11-16(12-14-17)28-22(30)20(26-25-19-10-6-5-9-18(19)24)21(29)27(23(28)32)15-7-3-2-4-8-15/h2-14,30H,1H3. The summed E-state index contributed by atoms with van der Waals surface area (Å²) in [6, 6.07) is 22.5. The summed E-state index contributed by atoms with van der Waals surface area (Å²) >= 11 is 11.7. The predicted octanol–water partition coefficient (Wildman–Crippen LogP) is 6.14. The van der Waals surface area contributed by atoms with Crippen LogP contribution in [-0.4, -0.2) is 21.4 Å². The first kappa shape index (κ1) is 21.5. The molecule has 4 aromatic rings. The number of hydrogen-bond acceptors (Lipinski definition) is 6. The maximum atomic E-state index is 13.3. The monoisotopic (exact) mass is 464 g/mol. The second kappa shape index (κ2) is 9.17. The van der Waals surface area contributed by atoms with E-state index in [-0.39, 0.29) is 10.5 Å². The first-order valence-electron chi connectivity index (χ1n) is 9.48. The Hall–Kier alpha value is -3.75. The van der Waals surface area contributed by atoms with E-state index in [0.717, 1.165) is 0 Å². The molecule has 1 heterocycles. The largest absolute Gasteiger partial charge is 0.497 e. The third-order valence-electron chi connectivity index (χ3n) is 4.67. The Balaban J connectivity index is 2.00. The molecule has 0 unspecified atom stereocenters. The number of nitrogens with zero attached hydrogens (tertiary/aromatic N) is 4. The van der Waals surface area contributed by atoms with Gasteiger partial charge in [-0.3, -0.25) is 13.9 Å². The molecule has 0 aliphatic rings. The Kier molecular flexibility index (Phi) is 6.16. The quantitative estimate of drug-likeness (QED) is 0.284. The van der Waals surface area contributed by atoms with Gasteiger partial charge in [-0.05, 0) is 60.7 Å². The van der Waals surface area contributed by atoms with Crippen LogP contribution < -0.4 is 10.3 Å². The van der Waals surface area contributed by atoms with Crippen molar-refractivity contribution in [2.24, 2.45) is 10.2 Å². The van der Waals surface area contributed by atoms with Gasteiger partial charge < -0.3 is 9.84 Å². The molecule has 7 nitrogen and oxygen atoms in total. The van der Waals surface area contributed by atoms with Crippen LogP contribution >= 0.6 is 23.8 Å². The highest BCUT2D eigenvalue weighted by atomic mass is 35.5. The van der Waals surface area contributed by atoms with Crippen molar-refractivity contribution in [2.75, 3.05) is 7.11 Å². The van der Waals surface area contributed by atoms with E-state index in [4.69, 9.17) is 28.6 Å². The summed E-state index contributed by atoms with van der Waals surface area (Å²) in [6.45, 7) is 0. The minimum atomic E-state index is -0.612. The Labute approximate surface area is 193 Å². The maximum absolute atomic E-state index is 13.3. The molecule has 160 valence electrons. The summed E-state index contributed by atoms with van der Waals surface area (Å²) in [5.74, 6) is 0.197. The summed E-state index contributed by atoms with van der Waals surface area (Å²) in [7, 11) is 1.56. The van der Waals surface area contributed by atoms with Crippen LogP contribution in [0.25, 0.3) is 11.4 Å². The molecule has 0 spiro atoms. The molecule has 1 aromatic heterocycles. The van der Waals surface area contributed by atoms with Crippen LogP contribution in [0.3, 0.4) is 0 Å². The zero-order valence-electron chi connectivity index (χ0n) is 16.8. The zero-order chi connectivity index (χ0) is 22.7. The smallest absolute Gasteiger partial charge is 0.290 e. The molecule has 0 saturated heterocycles. The average molecular weight is 465 g/mol. The molecule has 0 fully saturated rings. The molecule has 1 N–H and O–H groups in total. The highest BCUT2D eigenvalue weighted by Gasteiger charge is 2.19. The predicted molar refractivity (Wildman–Crippen MR) is 126 cm³/mol. The number of halogens is 1. The maximum Gasteiger partial charge on any atom is 0.290 e. The van der Waals surface area contributed by atoms with Crippen LogP contribution in [-0.2, 0) is 0 Å². The fourth-order valence-electron chi connectivity index (χ4n) is 3.08. The molecule has 32 heavy (non-hydrogen) atoms.